The molecular formula is C19H20ClN3O4. The fourth-order valence-corrected chi connectivity index (χ4v) is 3.03. The summed E-state index contributed by atoms with van der Waals surface area (Å²) in [5.74, 6) is -0.191. The van der Waals surface area contributed by atoms with Crippen molar-refractivity contribution in [1.29, 1.82) is 0 Å². The fraction of sp³-hybridized carbons (Fsp3) is 0.316. The van der Waals surface area contributed by atoms with Crippen molar-refractivity contribution in [2.75, 3.05) is 19.6 Å². The van der Waals surface area contributed by atoms with Gasteiger partial charge >= 0.3 is 0 Å². The van der Waals surface area contributed by atoms with Gasteiger partial charge in [0.1, 0.15) is 5.76 Å². The molecule has 3 rings (SSSR count). The maximum Gasteiger partial charge on any atom is 0.251 e. The highest BCUT2D eigenvalue weighted by molar-refractivity contribution is 6.30. The molecule has 8 heteroatoms. The maximum absolute atomic E-state index is 12.3. The van der Waals surface area contributed by atoms with Crippen LogP contribution in [0.1, 0.15) is 22.5 Å². The SMILES string of the molecule is O=C(NCCNC(=O)C1CC(=O)N(Cc2ccco2)C1)c1ccc(Cl)cc1. The van der Waals surface area contributed by atoms with Crippen LogP contribution in [0.5, 0.6) is 0 Å². The van der Waals surface area contributed by atoms with E-state index in [0.29, 0.717) is 42.5 Å². The van der Waals surface area contributed by atoms with E-state index in [1.807, 2.05) is 0 Å². The molecule has 0 aliphatic carbocycles. The summed E-state index contributed by atoms with van der Waals surface area (Å²) in [6, 6.07) is 10.1. The highest BCUT2D eigenvalue weighted by atomic mass is 35.5. The number of likely N-dealkylation sites (tertiary alicyclic amines) is 1. The highest BCUT2D eigenvalue weighted by Gasteiger charge is 2.34. The summed E-state index contributed by atoms with van der Waals surface area (Å²) in [6.07, 6.45) is 1.74. The largest absolute Gasteiger partial charge is 0.467 e. The monoisotopic (exact) mass is 389 g/mol. The topological polar surface area (TPSA) is 91.7 Å². The Kier molecular flexibility index (Phi) is 6.13. The molecule has 1 aliphatic rings. The van der Waals surface area contributed by atoms with E-state index < -0.39 is 0 Å². The van der Waals surface area contributed by atoms with Crippen molar-refractivity contribution in [3.63, 3.8) is 0 Å². The minimum atomic E-state index is -0.389. The van der Waals surface area contributed by atoms with Gasteiger partial charge in [0, 0.05) is 36.6 Å². The molecule has 142 valence electrons. The molecule has 27 heavy (non-hydrogen) atoms. The summed E-state index contributed by atoms with van der Waals surface area (Å²) in [6.45, 7) is 1.32. The van der Waals surface area contributed by atoms with E-state index in [1.54, 1.807) is 47.6 Å². The number of nitrogens with one attached hydrogen (secondary N) is 2. The van der Waals surface area contributed by atoms with Crippen molar-refractivity contribution < 1.29 is 18.8 Å². The molecule has 2 heterocycles. The smallest absolute Gasteiger partial charge is 0.251 e. The first-order valence-electron chi connectivity index (χ1n) is 8.64. The van der Waals surface area contributed by atoms with E-state index in [9.17, 15) is 14.4 Å². The summed E-state index contributed by atoms with van der Waals surface area (Å²) in [4.78, 5) is 37.9. The van der Waals surface area contributed by atoms with Crippen molar-refractivity contribution >= 4 is 29.3 Å². The molecule has 0 spiro atoms. The molecule has 1 aliphatic heterocycles. The number of hydrogen-bond acceptors (Lipinski definition) is 4. The van der Waals surface area contributed by atoms with E-state index in [0.717, 1.165) is 0 Å². The molecule has 0 radical (unpaired) electrons. The lowest BCUT2D eigenvalue weighted by atomic mass is 10.1. The van der Waals surface area contributed by atoms with E-state index >= 15 is 0 Å². The molecule has 1 unspecified atom stereocenters. The molecule has 1 aromatic carbocycles. The molecule has 0 saturated carbocycles. The lowest BCUT2D eigenvalue weighted by Crippen LogP contribution is -2.38. The maximum atomic E-state index is 12.3. The summed E-state index contributed by atoms with van der Waals surface area (Å²) in [5.41, 5.74) is 0.501. The van der Waals surface area contributed by atoms with E-state index in [-0.39, 0.29) is 30.1 Å². The zero-order valence-electron chi connectivity index (χ0n) is 14.6. The van der Waals surface area contributed by atoms with E-state index in [1.165, 1.54) is 0 Å². The standard InChI is InChI=1S/C19H20ClN3O4/c20-15-5-3-13(4-6-15)18(25)21-7-8-22-19(26)14-10-17(24)23(11-14)12-16-2-1-9-27-16/h1-6,9,14H,7-8,10-12H2,(H,21,25)(H,22,26). The summed E-state index contributed by atoms with van der Waals surface area (Å²) >= 11 is 5.79. The molecule has 1 aromatic heterocycles. The number of hydrogen-bond donors (Lipinski definition) is 2. The summed E-state index contributed by atoms with van der Waals surface area (Å²) in [5, 5.41) is 6.05. The third-order valence-corrected chi connectivity index (χ3v) is 4.58. The molecule has 3 amide bonds. The predicted molar refractivity (Wildman–Crippen MR) is 99.0 cm³/mol. The Morgan fingerprint density at radius 3 is 2.59 bits per heavy atom. The summed E-state index contributed by atoms with van der Waals surface area (Å²) < 4.78 is 5.24. The average Bonchev–Trinajstić information content (AvgIpc) is 3.29. The first-order chi connectivity index (χ1) is 13.0. The molecular weight excluding hydrogens is 370 g/mol. The zero-order chi connectivity index (χ0) is 19.2. The van der Waals surface area contributed by atoms with Gasteiger partial charge < -0.3 is 20.0 Å². The van der Waals surface area contributed by atoms with Gasteiger partial charge in [-0.25, -0.2) is 0 Å². The lowest BCUT2D eigenvalue weighted by molar-refractivity contribution is -0.129. The number of benzene rings is 1. The number of carbonyl (C=O) groups excluding carboxylic acids is 3. The van der Waals surface area contributed by atoms with Crippen molar-refractivity contribution in [1.82, 2.24) is 15.5 Å². The van der Waals surface area contributed by atoms with Crippen molar-refractivity contribution in [3.8, 4) is 0 Å². The Labute approximate surface area is 161 Å². The minimum absolute atomic E-state index is 0.0670. The van der Waals surface area contributed by atoms with Crippen LogP contribution < -0.4 is 10.6 Å². The van der Waals surface area contributed by atoms with Gasteiger partial charge in [0.2, 0.25) is 11.8 Å². The highest BCUT2D eigenvalue weighted by Crippen LogP contribution is 2.20. The number of furan rings is 1. The van der Waals surface area contributed by atoms with Crippen molar-refractivity contribution in [3.05, 3.63) is 59.0 Å². The lowest BCUT2D eigenvalue weighted by Gasteiger charge is -2.15. The van der Waals surface area contributed by atoms with Crippen LogP contribution in [-0.2, 0) is 16.1 Å². The molecule has 7 nitrogen and oxygen atoms in total. The van der Waals surface area contributed by atoms with Gasteiger partial charge in [-0.05, 0) is 36.4 Å². The Bertz CT molecular complexity index is 805. The second-order valence-electron chi connectivity index (χ2n) is 6.31. The van der Waals surface area contributed by atoms with Crippen LogP contribution in [0, 0.1) is 5.92 Å². The van der Waals surface area contributed by atoms with Crippen molar-refractivity contribution in [2.24, 2.45) is 5.92 Å². The van der Waals surface area contributed by atoms with Crippen LogP contribution in [0.25, 0.3) is 0 Å². The van der Waals surface area contributed by atoms with Crippen molar-refractivity contribution in [2.45, 2.75) is 13.0 Å². The second-order valence-corrected chi connectivity index (χ2v) is 6.74. The van der Waals surface area contributed by atoms with Gasteiger partial charge in [-0.15, -0.1) is 0 Å². The van der Waals surface area contributed by atoms with Gasteiger partial charge in [0.05, 0.1) is 18.7 Å². The Morgan fingerprint density at radius 1 is 1.15 bits per heavy atom. The van der Waals surface area contributed by atoms with Crippen LogP contribution in [0.2, 0.25) is 5.02 Å². The minimum Gasteiger partial charge on any atom is -0.467 e. The molecule has 1 saturated heterocycles. The third kappa shape index (κ3) is 5.10. The molecule has 1 atom stereocenters. The quantitative estimate of drug-likeness (QED) is 0.707. The van der Waals surface area contributed by atoms with Gasteiger partial charge in [0.25, 0.3) is 5.91 Å². The van der Waals surface area contributed by atoms with Gasteiger partial charge in [-0.2, -0.15) is 0 Å². The number of carbonyl (C=O) groups is 3. The number of halogens is 1. The van der Waals surface area contributed by atoms with Crippen LogP contribution in [0.15, 0.2) is 47.1 Å². The normalized spacial score (nSPS) is 16.4. The Morgan fingerprint density at radius 2 is 1.89 bits per heavy atom. The molecule has 2 aromatic rings. The van der Waals surface area contributed by atoms with E-state index in [2.05, 4.69) is 10.6 Å². The summed E-state index contributed by atoms with van der Waals surface area (Å²) in [7, 11) is 0. The zero-order valence-corrected chi connectivity index (χ0v) is 15.4. The first-order valence-corrected chi connectivity index (χ1v) is 9.02. The fourth-order valence-electron chi connectivity index (χ4n) is 2.90. The number of nitrogens with zero attached hydrogens (tertiary/aromatic N) is 1. The second kappa shape index (κ2) is 8.73. The third-order valence-electron chi connectivity index (χ3n) is 4.33. The first kappa shape index (κ1) is 19.0. The number of rotatable bonds is 7. The van der Waals surface area contributed by atoms with Gasteiger partial charge in [0.15, 0.2) is 0 Å². The van der Waals surface area contributed by atoms with Crippen LogP contribution in [0.4, 0.5) is 0 Å². The molecule has 0 bridgehead atoms. The van der Waals surface area contributed by atoms with E-state index in [4.69, 9.17) is 16.0 Å². The molecule has 2 N–H and O–H groups in total. The Balaban J connectivity index is 1.38. The molecule has 1 fully saturated rings. The number of amides is 3. The average molecular weight is 390 g/mol. The van der Waals surface area contributed by atoms with Gasteiger partial charge in [-0.1, -0.05) is 11.6 Å². The van der Waals surface area contributed by atoms with Crippen LogP contribution >= 0.6 is 11.6 Å². The Hall–Kier alpha value is -2.80. The predicted octanol–water partition coefficient (Wildman–Crippen LogP) is 1.83. The van der Waals surface area contributed by atoms with Crippen LogP contribution in [0.3, 0.4) is 0 Å². The van der Waals surface area contributed by atoms with Crippen LogP contribution in [-0.4, -0.2) is 42.3 Å². The van der Waals surface area contributed by atoms with Gasteiger partial charge in [-0.3, -0.25) is 14.4 Å².